The van der Waals surface area contributed by atoms with Crippen LogP contribution >= 0.6 is 11.3 Å². The van der Waals surface area contributed by atoms with Crippen molar-refractivity contribution in [2.45, 2.75) is 18.6 Å². The van der Waals surface area contributed by atoms with Gasteiger partial charge in [-0.05, 0) is 6.92 Å². The second-order valence-electron chi connectivity index (χ2n) is 3.22. The van der Waals surface area contributed by atoms with Gasteiger partial charge in [-0.3, -0.25) is 4.79 Å². The van der Waals surface area contributed by atoms with E-state index in [1.807, 2.05) is 0 Å². The highest BCUT2D eigenvalue weighted by atomic mass is 32.2. The molecular formula is C8H11NO4S2. The molecule has 0 aromatic carbocycles. The SMILES string of the molecule is CC(c1nc(CC(=O)O)cs1)S(C)(=O)=O. The lowest BCUT2D eigenvalue weighted by molar-refractivity contribution is -0.136. The largest absolute Gasteiger partial charge is 0.481 e. The van der Waals surface area contributed by atoms with Gasteiger partial charge in [0.2, 0.25) is 0 Å². The molecule has 0 saturated carbocycles. The normalized spacial score (nSPS) is 13.7. The van der Waals surface area contributed by atoms with Gasteiger partial charge >= 0.3 is 5.97 Å². The van der Waals surface area contributed by atoms with Crippen LogP contribution < -0.4 is 0 Å². The summed E-state index contributed by atoms with van der Waals surface area (Å²) in [5.74, 6) is -0.973. The molecule has 1 rings (SSSR count). The third-order valence-corrected chi connectivity index (χ3v) is 4.63. The highest BCUT2D eigenvalue weighted by Crippen LogP contribution is 2.24. The van der Waals surface area contributed by atoms with E-state index in [0.717, 1.165) is 6.26 Å². The van der Waals surface area contributed by atoms with Gasteiger partial charge in [-0.1, -0.05) is 0 Å². The molecule has 0 bridgehead atoms. The van der Waals surface area contributed by atoms with E-state index < -0.39 is 21.1 Å². The molecule has 7 heteroatoms. The number of thiazole rings is 1. The number of carbonyl (C=O) groups is 1. The number of rotatable bonds is 4. The predicted octanol–water partition coefficient (Wildman–Crippen LogP) is 0.876. The molecule has 0 amide bonds. The molecule has 1 N–H and O–H groups in total. The smallest absolute Gasteiger partial charge is 0.309 e. The topological polar surface area (TPSA) is 84.3 Å². The van der Waals surface area contributed by atoms with Crippen molar-refractivity contribution in [2.24, 2.45) is 0 Å². The van der Waals surface area contributed by atoms with Gasteiger partial charge in [0.1, 0.15) is 10.3 Å². The second-order valence-corrected chi connectivity index (χ2v) is 6.48. The fraction of sp³-hybridized carbons (Fsp3) is 0.500. The van der Waals surface area contributed by atoms with Crippen LogP contribution in [0.4, 0.5) is 0 Å². The number of aromatic nitrogens is 1. The van der Waals surface area contributed by atoms with E-state index in [2.05, 4.69) is 4.98 Å². The summed E-state index contributed by atoms with van der Waals surface area (Å²) in [6.07, 6.45) is 0.961. The molecule has 1 atom stereocenters. The third kappa shape index (κ3) is 3.28. The van der Waals surface area contributed by atoms with Gasteiger partial charge in [0, 0.05) is 11.6 Å². The van der Waals surface area contributed by atoms with Crippen LogP contribution in [0.1, 0.15) is 22.9 Å². The molecule has 5 nitrogen and oxygen atoms in total. The van der Waals surface area contributed by atoms with Crippen LogP contribution in [0.3, 0.4) is 0 Å². The van der Waals surface area contributed by atoms with Crippen LogP contribution in [0.5, 0.6) is 0 Å². The minimum absolute atomic E-state index is 0.174. The summed E-state index contributed by atoms with van der Waals surface area (Å²) < 4.78 is 22.4. The van der Waals surface area contributed by atoms with Crippen molar-refractivity contribution in [1.29, 1.82) is 0 Å². The molecule has 1 heterocycles. The molecule has 0 fully saturated rings. The summed E-state index contributed by atoms with van der Waals surface area (Å²) in [6.45, 7) is 1.54. The zero-order valence-electron chi connectivity index (χ0n) is 8.30. The molecule has 1 aromatic heterocycles. The van der Waals surface area contributed by atoms with Gasteiger partial charge in [-0.15, -0.1) is 11.3 Å². The van der Waals surface area contributed by atoms with Gasteiger partial charge in [-0.25, -0.2) is 13.4 Å². The number of carboxylic acids is 1. The van der Waals surface area contributed by atoms with Crippen molar-refractivity contribution in [1.82, 2.24) is 4.98 Å². The maximum absolute atomic E-state index is 11.2. The number of aliphatic carboxylic acids is 1. The maximum Gasteiger partial charge on any atom is 0.309 e. The van der Waals surface area contributed by atoms with E-state index in [4.69, 9.17) is 5.11 Å². The molecule has 0 aliphatic rings. The van der Waals surface area contributed by atoms with E-state index in [1.165, 1.54) is 11.3 Å². The van der Waals surface area contributed by atoms with Crippen molar-refractivity contribution in [3.05, 3.63) is 16.1 Å². The summed E-state index contributed by atoms with van der Waals surface area (Å²) in [5.41, 5.74) is 0.401. The summed E-state index contributed by atoms with van der Waals surface area (Å²) >= 11 is 1.17. The van der Waals surface area contributed by atoms with Gasteiger partial charge in [0.15, 0.2) is 9.84 Å². The highest BCUT2D eigenvalue weighted by Gasteiger charge is 2.20. The molecule has 84 valence electrons. The fourth-order valence-electron chi connectivity index (χ4n) is 0.929. The standard InChI is InChI=1S/C8H11NO4S2/c1-5(15(2,12)13)8-9-6(4-14-8)3-7(10)11/h4-5H,3H2,1-2H3,(H,10,11). The summed E-state index contributed by atoms with van der Waals surface area (Å²) in [6, 6.07) is 0. The van der Waals surface area contributed by atoms with E-state index in [1.54, 1.807) is 12.3 Å². The number of nitrogens with zero attached hydrogens (tertiary/aromatic N) is 1. The van der Waals surface area contributed by atoms with Gasteiger partial charge in [0.05, 0.1) is 12.1 Å². The average molecular weight is 249 g/mol. The van der Waals surface area contributed by atoms with Crippen LogP contribution in [0.2, 0.25) is 0 Å². The molecule has 0 spiro atoms. The van der Waals surface area contributed by atoms with E-state index in [0.29, 0.717) is 10.7 Å². The van der Waals surface area contributed by atoms with E-state index in [-0.39, 0.29) is 6.42 Å². The first kappa shape index (κ1) is 12.1. The Morgan fingerprint density at radius 3 is 2.73 bits per heavy atom. The van der Waals surface area contributed by atoms with Crippen LogP contribution in [0.15, 0.2) is 5.38 Å². The van der Waals surface area contributed by atoms with E-state index in [9.17, 15) is 13.2 Å². The summed E-state index contributed by atoms with van der Waals surface area (Å²) in [5, 5.41) is 9.86. The van der Waals surface area contributed by atoms with Crippen LogP contribution in [0.25, 0.3) is 0 Å². The van der Waals surface area contributed by atoms with Crippen molar-refractivity contribution in [3.8, 4) is 0 Å². The lowest BCUT2D eigenvalue weighted by atomic mass is 10.3. The Bertz CT molecular complexity index is 463. The molecule has 0 saturated heterocycles. The summed E-state index contributed by atoms with van der Waals surface area (Å²) in [7, 11) is -3.17. The zero-order chi connectivity index (χ0) is 11.6. The van der Waals surface area contributed by atoms with Crippen molar-refractivity contribution < 1.29 is 18.3 Å². The lowest BCUT2D eigenvalue weighted by Gasteiger charge is -2.03. The molecule has 0 aliphatic carbocycles. The minimum atomic E-state index is -3.17. The van der Waals surface area contributed by atoms with Crippen LogP contribution in [-0.4, -0.2) is 30.7 Å². The Hall–Kier alpha value is -0.950. The fourth-order valence-corrected chi connectivity index (χ4v) is 2.79. The Balaban J connectivity index is 2.89. The van der Waals surface area contributed by atoms with Crippen LogP contribution in [0, 0.1) is 0 Å². The number of carboxylic acid groups (broad SMARTS) is 1. The molecule has 15 heavy (non-hydrogen) atoms. The third-order valence-electron chi connectivity index (χ3n) is 1.89. The molecule has 0 aliphatic heterocycles. The lowest BCUT2D eigenvalue weighted by Crippen LogP contribution is -2.08. The maximum atomic E-state index is 11.2. The number of hydrogen-bond donors (Lipinski definition) is 1. The van der Waals surface area contributed by atoms with Crippen LogP contribution in [-0.2, 0) is 21.1 Å². The van der Waals surface area contributed by atoms with Crippen molar-refractivity contribution >= 4 is 27.1 Å². The van der Waals surface area contributed by atoms with Gasteiger partial charge in [0.25, 0.3) is 0 Å². The average Bonchev–Trinajstić information content (AvgIpc) is 2.48. The van der Waals surface area contributed by atoms with E-state index >= 15 is 0 Å². The molecule has 1 aromatic rings. The van der Waals surface area contributed by atoms with Gasteiger partial charge < -0.3 is 5.11 Å². The zero-order valence-corrected chi connectivity index (χ0v) is 9.93. The molecule has 0 radical (unpaired) electrons. The van der Waals surface area contributed by atoms with Crippen molar-refractivity contribution in [3.63, 3.8) is 0 Å². The predicted molar refractivity (Wildman–Crippen MR) is 56.7 cm³/mol. The number of sulfone groups is 1. The molecular weight excluding hydrogens is 238 g/mol. The Labute approximate surface area is 91.7 Å². The van der Waals surface area contributed by atoms with Gasteiger partial charge in [-0.2, -0.15) is 0 Å². The number of hydrogen-bond acceptors (Lipinski definition) is 5. The molecule has 1 unspecified atom stereocenters. The first-order chi connectivity index (χ1) is 6.80. The Morgan fingerprint density at radius 1 is 1.67 bits per heavy atom. The first-order valence-corrected chi connectivity index (χ1v) is 6.99. The summed E-state index contributed by atoms with van der Waals surface area (Å²) in [4.78, 5) is 14.4. The monoisotopic (exact) mass is 249 g/mol. The first-order valence-electron chi connectivity index (χ1n) is 4.15. The Morgan fingerprint density at radius 2 is 2.27 bits per heavy atom. The Kier molecular flexibility index (Phi) is 3.46. The minimum Gasteiger partial charge on any atom is -0.481 e. The second kappa shape index (κ2) is 4.28. The van der Waals surface area contributed by atoms with Crippen molar-refractivity contribution in [2.75, 3.05) is 6.26 Å². The quantitative estimate of drug-likeness (QED) is 0.856. The highest BCUT2D eigenvalue weighted by molar-refractivity contribution is 7.91.